The third kappa shape index (κ3) is 3.84. The van der Waals surface area contributed by atoms with Gasteiger partial charge in [-0.3, -0.25) is 4.79 Å². The van der Waals surface area contributed by atoms with Crippen LogP contribution in [0, 0.1) is 24.7 Å². The number of benzene rings is 1. The minimum Gasteiger partial charge on any atom is -0.396 e. The fraction of sp³-hybridized carbons (Fsp3) is 0.471. The summed E-state index contributed by atoms with van der Waals surface area (Å²) < 4.78 is 0. The number of amides is 1. The predicted octanol–water partition coefficient (Wildman–Crippen LogP) is 1.18. The number of carbonyl (C=O) groups is 1. The van der Waals surface area contributed by atoms with Crippen molar-refractivity contribution in [1.82, 2.24) is 4.90 Å². The van der Waals surface area contributed by atoms with Gasteiger partial charge in [-0.05, 0) is 43.4 Å². The van der Waals surface area contributed by atoms with Crippen molar-refractivity contribution in [3.8, 4) is 11.8 Å². The molecular weight excluding hydrogens is 266 g/mol. The van der Waals surface area contributed by atoms with Crippen molar-refractivity contribution in [2.75, 3.05) is 26.3 Å². The summed E-state index contributed by atoms with van der Waals surface area (Å²) >= 11 is 0. The number of likely N-dealkylation sites (tertiary alicyclic amines) is 1. The minimum atomic E-state index is -0.188. The van der Waals surface area contributed by atoms with Gasteiger partial charge in [-0.2, -0.15) is 0 Å². The number of hydrogen-bond acceptors (Lipinski definition) is 3. The van der Waals surface area contributed by atoms with Gasteiger partial charge in [0.25, 0.3) is 5.91 Å². The predicted molar refractivity (Wildman–Crippen MR) is 80.9 cm³/mol. The number of hydrogen-bond donors (Lipinski definition) is 2. The van der Waals surface area contributed by atoms with Gasteiger partial charge in [0.2, 0.25) is 0 Å². The highest BCUT2D eigenvalue weighted by atomic mass is 16.3. The van der Waals surface area contributed by atoms with E-state index in [0.29, 0.717) is 18.0 Å². The first kappa shape index (κ1) is 15.6. The van der Waals surface area contributed by atoms with Gasteiger partial charge in [-0.15, -0.1) is 0 Å². The molecule has 1 saturated heterocycles. The second kappa shape index (κ2) is 7.26. The zero-order valence-corrected chi connectivity index (χ0v) is 12.3. The van der Waals surface area contributed by atoms with E-state index in [1.165, 1.54) is 0 Å². The first-order valence-electron chi connectivity index (χ1n) is 7.26. The first-order chi connectivity index (χ1) is 10.2. The molecule has 1 heterocycles. The van der Waals surface area contributed by atoms with Crippen molar-refractivity contribution in [1.29, 1.82) is 0 Å². The summed E-state index contributed by atoms with van der Waals surface area (Å²) in [6.07, 6.45) is 1.71. The van der Waals surface area contributed by atoms with E-state index < -0.39 is 0 Å². The van der Waals surface area contributed by atoms with Gasteiger partial charge in [-0.25, -0.2) is 0 Å². The van der Waals surface area contributed by atoms with Gasteiger partial charge in [-0.1, -0.05) is 17.9 Å². The lowest BCUT2D eigenvalue weighted by Gasteiger charge is -2.17. The second-order valence-corrected chi connectivity index (χ2v) is 5.41. The smallest absolute Gasteiger partial charge is 0.253 e. The fourth-order valence-electron chi connectivity index (χ4n) is 2.64. The normalized spacial score (nSPS) is 17.5. The quantitative estimate of drug-likeness (QED) is 0.821. The van der Waals surface area contributed by atoms with E-state index in [1.807, 2.05) is 24.0 Å². The summed E-state index contributed by atoms with van der Waals surface area (Å²) in [6.45, 7) is 3.38. The topological polar surface area (TPSA) is 60.8 Å². The number of aliphatic hydroxyl groups is 2. The second-order valence-electron chi connectivity index (χ2n) is 5.41. The molecule has 2 rings (SSSR count). The van der Waals surface area contributed by atoms with Crippen LogP contribution >= 0.6 is 0 Å². The van der Waals surface area contributed by atoms with Crippen LogP contribution in [0.2, 0.25) is 0 Å². The highest BCUT2D eigenvalue weighted by Gasteiger charge is 2.26. The molecule has 4 nitrogen and oxygen atoms in total. The van der Waals surface area contributed by atoms with Crippen LogP contribution in [-0.2, 0) is 0 Å². The molecule has 0 bridgehead atoms. The summed E-state index contributed by atoms with van der Waals surface area (Å²) in [6, 6.07) is 5.50. The van der Waals surface area contributed by atoms with Crippen molar-refractivity contribution in [3.05, 3.63) is 34.9 Å². The molecular formula is C17H21NO3. The molecule has 1 aromatic carbocycles. The molecule has 1 aliphatic rings. The average molecular weight is 287 g/mol. The summed E-state index contributed by atoms with van der Waals surface area (Å²) in [5.74, 6) is 5.91. The Morgan fingerprint density at radius 1 is 1.43 bits per heavy atom. The SMILES string of the molecule is Cc1ccc(C(=O)N2CCC(CCO)C2)cc1C#CCO. The highest BCUT2D eigenvalue weighted by molar-refractivity contribution is 5.94. The molecule has 4 heteroatoms. The Morgan fingerprint density at radius 3 is 2.95 bits per heavy atom. The molecule has 0 aliphatic carbocycles. The van der Waals surface area contributed by atoms with E-state index in [4.69, 9.17) is 10.2 Å². The van der Waals surface area contributed by atoms with Gasteiger partial charge < -0.3 is 15.1 Å². The Balaban J connectivity index is 2.13. The summed E-state index contributed by atoms with van der Waals surface area (Å²) in [5, 5.41) is 17.8. The zero-order valence-electron chi connectivity index (χ0n) is 12.3. The monoisotopic (exact) mass is 287 g/mol. The Morgan fingerprint density at radius 2 is 2.24 bits per heavy atom. The molecule has 1 amide bonds. The van der Waals surface area contributed by atoms with Gasteiger partial charge in [0.05, 0.1) is 0 Å². The summed E-state index contributed by atoms with van der Waals surface area (Å²) in [4.78, 5) is 14.3. The maximum atomic E-state index is 12.5. The molecule has 0 radical (unpaired) electrons. The Bertz CT molecular complexity index is 571. The minimum absolute atomic E-state index is 0.0162. The van der Waals surface area contributed by atoms with Crippen molar-refractivity contribution in [2.45, 2.75) is 19.8 Å². The average Bonchev–Trinajstić information content (AvgIpc) is 2.95. The van der Waals surface area contributed by atoms with Crippen molar-refractivity contribution in [3.63, 3.8) is 0 Å². The van der Waals surface area contributed by atoms with Gasteiger partial charge >= 0.3 is 0 Å². The van der Waals surface area contributed by atoms with Crippen LogP contribution in [0.1, 0.15) is 34.3 Å². The van der Waals surface area contributed by atoms with E-state index >= 15 is 0 Å². The summed E-state index contributed by atoms with van der Waals surface area (Å²) in [5.41, 5.74) is 2.40. The lowest BCUT2D eigenvalue weighted by molar-refractivity contribution is 0.0784. The Hall–Kier alpha value is -1.83. The van der Waals surface area contributed by atoms with Crippen LogP contribution in [0.5, 0.6) is 0 Å². The maximum absolute atomic E-state index is 12.5. The number of carbonyl (C=O) groups excluding carboxylic acids is 1. The molecule has 1 unspecified atom stereocenters. The van der Waals surface area contributed by atoms with Gasteiger partial charge in [0.15, 0.2) is 0 Å². The molecule has 112 valence electrons. The number of rotatable bonds is 3. The molecule has 21 heavy (non-hydrogen) atoms. The molecule has 1 aromatic rings. The van der Waals surface area contributed by atoms with E-state index in [1.54, 1.807) is 6.07 Å². The van der Waals surface area contributed by atoms with Gasteiger partial charge in [0, 0.05) is 30.8 Å². The molecule has 0 aromatic heterocycles. The number of nitrogens with zero attached hydrogens (tertiary/aromatic N) is 1. The molecule has 1 fully saturated rings. The molecule has 0 saturated carbocycles. The first-order valence-corrected chi connectivity index (χ1v) is 7.26. The molecule has 1 aliphatic heterocycles. The zero-order chi connectivity index (χ0) is 15.2. The lowest BCUT2D eigenvalue weighted by atomic mass is 10.0. The van der Waals surface area contributed by atoms with E-state index in [0.717, 1.165) is 30.5 Å². The van der Waals surface area contributed by atoms with Crippen LogP contribution in [0.25, 0.3) is 0 Å². The number of aryl methyl sites for hydroxylation is 1. The van der Waals surface area contributed by atoms with E-state index in [9.17, 15) is 4.79 Å². The van der Waals surface area contributed by atoms with Crippen molar-refractivity contribution in [2.24, 2.45) is 5.92 Å². The molecule has 2 N–H and O–H groups in total. The van der Waals surface area contributed by atoms with Crippen LogP contribution < -0.4 is 0 Å². The maximum Gasteiger partial charge on any atom is 0.253 e. The van der Waals surface area contributed by atoms with Crippen molar-refractivity contribution < 1.29 is 15.0 Å². The number of aliphatic hydroxyl groups excluding tert-OH is 2. The van der Waals surface area contributed by atoms with Crippen LogP contribution in [-0.4, -0.2) is 47.3 Å². The molecule has 1 atom stereocenters. The van der Waals surface area contributed by atoms with Crippen molar-refractivity contribution >= 4 is 5.91 Å². The summed E-state index contributed by atoms with van der Waals surface area (Å²) in [7, 11) is 0. The molecule has 0 spiro atoms. The Labute approximate surface area is 125 Å². The third-order valence-electron chi connectivity index (χ3n) is 3.90. The lowest BCUT2D eigenvalue weighted by Crippen LogP contribution is -2.28. The van der Waals surface area contributed by atoms with Gasteiger partial charge in [0.1, 0.15) is 6.61 Å². The fourth-order valence-corrected chi connectivity index (χ4v) is 2.64. The van der Waals surface area contributed by atoms with Crippen LogP contribution in [0.3, 0.4) is 0 Å². The third-order valence-corrected chi connectivity index (χ3v) is 3.90. The highest BCUT2D eigenvalue weighted by Crippen LogP contribution is 2.22. The van der Waals surface area contributed by atoms with E-state index in [2.05, 4.69) is 11.8 Å². The van der Waals surface area contributed by atoms with Crippen LogP contribution in [0.15, 0.2) is 18.2 Å². The standard InChI is InChI=1S/C17H21NO3/c1-13-4-5-16(11-15(13)3-2-9-19)17(21)18-8-6-14(12-18)7-10-20/h4-5,11,14,19-20H,6-10,12H2,1H3. The van der Waals surface area contributed by atoms with E-state index in [-0.39, 0.29) is 19.1 Å². The largest absolute Gasteiger partial charge is 0.396 e. The van der Waals surface area contributed by atoms with Crippen LogP contribution in [0.4, 0.5) is 0 Å². The Kier molecular flexibility index (Phi) is 5.38.